The molecule has 0 aliphatic carbocycles. The molecule has 0 saturated heterocycles. The van der Waals surface area contributed by atoms with Crippen LogP contribution in [0, 0.1) is 29.1 Å². The number of nitrogens with one attached hydrogen (secondary N) is 1. The minimum Gasteiger partial charge on any atom is -0.420 e. The predicted octanol–water partition coefficient (Wildman–Crippen LogP) is 3.41. The second-order valence-corrected chi connectivity index (χ2v) is 7.25. The molecule has 6 nitrogen and oxygen atoms in total. The SMILES string of the molecule is CC(C)(C)NC(=O)CCCOCCOCCC(=O)Oc1c(F)c(F)c(F)c(F)c1F. The largest absolute Gasteiger partial charge is 0.420 e. The zero-order valence-corrected chi connectivity index (χ0v) is 16.9. The molecule has 0 radical (unpaired) electrons. The maximum atomic E-state index is 13.4. The summed E-state index contributed by atoms with van der Waals surface area (Å²) in [4.78, 5) is 23.1. The fourth-order valence-electron chi connectivity index (χ4n) is 2.13. The second kappa shape index (κ2) is 11.8. The van der Waals surface area contributed by atoms with Crippen LogP contribution in [-0.4, -0.2) is 43.8 Å². The van der Waals surface area contributed by atoms with Gasteiger partial charge in [-0.05, 0) is 27.2 Å². The fourth-order valence-corrected chi connectivity index (χ4v) is 2.13. The lowest BCUT2D eigenvalue weighted by Crippen LogP contribution is -2.40. The number of esters is 1. The summed E-state index contributed by atoms with van der Waals surface area (Å²) < 4.78 is 80.4. The van der Waals surface area contributed by atoms with Crippen LogP contribution in [0.2, 0.25) is 0 Å². The van der Waals surface area contributed by atoms with Gasteiger partial charge in [0.2, 0.25) is 40.7 Å². The molecule has 0 heterocycles. The highest BCUT2D eigenvalue weighted by Crippen LogP contribution is 2.29. The van der Waals surface area contributed by atoms with Crippen molar-refractivity contribution in [3.63, 3.8) is 0 Å². The summed E-state index contributed by atoms with van der Waals surface area (Å²) in [6.45, 7) is 5.99. The number of carbonyl (C=O) groups excluding carboxylic acids is 2. The molecule has 0 unspecified atom stereocenters. The van der Waals surface area contributed by atoms with Gasteiger partial charge in [-0.25, -0.2) is 13.2 Å². The highest BCUT2D eigenvalue weighted by atomic mass is 19.2. The van der Waals surface area contributed by atoms with Crippen molar-refractivity contribution in [1.29, 1.82) is 0 Å². The Kier molecular flexibility index (Phi) is 10.1. The molecule has 1 amide bonds. The van der Waals surface area contributed by atoms with Crippen molar-refractivity contribution >= 4 is 11.9 Å². The number of ether oxygens (including phenoxy) is 3. The van der Waals surface area contributed by atoms with Gasteiger partial charge in [-0.2, -0.15) is 8.78 Å². The van der Waals surface area contributed by atoms with E-state index in [0.29, 0.717) is 19.4 Å². The Bertz CT molecular complexity index is 723. The Morgan fingerprint density at radius 1 is 0.767 bits per heavy atom. The average Bonchev–Trinajstić information content (AvgIpc) is 2.65. The summed E-state index contributed by atoms with van der Waals surface area (Å²) in [5.74, 6) is -14.2. The van der Waals surface area contributed by atoms with Crippen molar-refractivity contribution < 1.29 is 45.8 Å². The first-order valence-electron chi connectivity index (χ1n) is 9.12. The first kappa shape index (κ1) is 25.8. The van der Waals surface area contributed by atoms with E-state index >= 15 is 0 Å². The Morgan fingerprint density at radius 2 is 1.27 bits per heavy atom. The smallest absolute Gasteiger partial charge is 0.313 e. The van der Waals surface area contributed by atoms with Gasteiger partial charge in [0.05, 0.1) is 26.2 Å². The highest BCUT2D eigenvalue weighted by Gasteiger charge is 2.28. The van der Waals surface area contributed by atoms with E-state index in [0.717, 1.165) is 0 Å². The lowest BCUT2D eigenvalue weighted by Gasteiger charge is -2.20. The molecule has 0 fully saturated rings. The predicted molar refractivity (Wildman–Crippen MR) is 95.3 cm³/mol. The van der Waals surface area contributed by atoms with E-state index in [1.54, 1.807) is 0 Å². The van der Waals surface area contributed by atoms with Crippen LogP contribution < -0.4 is 10.1 Å². The van der Waals surface area contributed by atoms with E-state index in [4.69, 9.17) is 9.47 Å². The van der Waals surface area contributed by atoms with Gasteiger partial charge in [-0.15, -0.1) is 0 Å². The third-order valence-electron chi connectivity index (χ3n) is 3.41. The average molecular weight is 441 g/mol. The molecule has 0 atom stereocenters. The summed E-state index contributed by atoms with van der Waals surface area (Å²) in [5, 5.41) is 2.81. The standard InChI is InChI=1S/C19H24F5NO5/c1-19(2,3)25-11(26)5-4-7-28-9-10-29-8-6-12(27)30-18-16(23)14(21)13(20)15(22)17(18)24/h4-10H2,1-3H3,(H,25,26). The minimum atomic E-state index is -2.34. The Morgan fingerprint density at radius 3 is 1.80 bits per heavy atom. The van der Waals surface area contributed by atoms with Crippen LogP contribution in [0.15, 0.2) is 0 Å². The van der Waals surface area contributed by atoms with E-state index in [2.05, 4.69) is 10.1 Å². The monoisotopic (exact) mass is 441 g/mol. The summed E-state index contributed by atoms with van der Waals surface area (Å²) in [6.07, 6.45) is 0.338. The normalized spacial score (nSPS) is 11.5. The molecule has 0 spiro atoms. The van der Waals surface area contributed by atoms with Crippen molar-refractivity contribution in [1.82, 2.24) is 5.32 Å². The molecule has 11 heteroatoms. The van der Waals surface area contributed by atoms with Gasteiger partial charge < -0.3 is 19.5 Å². The summed E-state index contributed by atoms with van der Waals surface area (Å²) in [7, 11) is 0. The van der Waals surface area contributed by atoms with Crippen molar-refractivity contribution in [2.75, 3.05) is 26.4 Å². The third kappa shape index (κ3) is 8.62. The summed E-state index contributed by atoms with van der Waals surface area (Å²) >= 11 is 0. The molecule has 1 aromatic rings. The van der Waals surface area contributed by atoms with Gasteiger partial charge in [0, 0.05) is 18.6 Å². The number of carbonyl (C=O) groups is 2. The van der Waals surface area contributed by atoms with Crippen molar-refractivity contribution in [2.24, 2.45) is 0 Å². The lowest BCUT2D eigenvalue weighted by atomic mass is 10.1. The van der Waals surface area contributed by atoms with Gasteiger partial charge in [-0.3, -0.25) is 9.59 Å². The summed E-state index contributed by atoms with van der Waals surface area (Å²) in [6, 6.07) is 0. The molecule has 30 heavy (non-hydrogen) atoms. The molecule has 0 saturated carbocycles. The first-order chi connectivity index (χ1) is 13.9. The Balaban J connectivity index is 2.20. The van der Waals surface area contributed by atoms with Gasteiger partial charge in [-0.1, -0.05) is 0 Å². The van der Waals surface area contributed by atoms with Crippen LogP contribution in [0.25, 0.3) is 0 Å². The highest BCUT2D eigenvalue weighted by molar-refractivity contribution is 5.76. The number of rotatable bonds is 11. The number of halogens is 5. The Labute approximate surface area is 170 Å². The van der Waals surface area contributed by atoms with Crippen molar-refractivity contribution in [3.8, 4) is 5.75 Å². The van der Waals surface area contributed by atoms with E-state index in [-0.39, 0.29) is 31.3 Å². The van der Waals surface area contributed by atoms with E-state index in [1.165, 1.54) is 0 Å². The van der Waals surface area contributed by atoms with Crippen LogP contribution in [0.3, 0.4) is 0 Å². The van der Waals surface area contributed by atoms with Crippen LogP contribution in [-0.2, 0) is 19.1 Å². The number of hydrogen-bond acceptors (Lipinski definition) is 5. The van der Waals surface area contributed by atoms with Crippen molar-refractivity contribution in [2.45, 2.75) is 45.6 Å². The molecule has 1 rings (SSSR count). The molecule has 1 N–H and O–H groups in total. The number of hydrogen-bond donors (Lipinski definition) is 1. The molecule has 0 aliphatic rings. The fraction of sp³-hybridized carbons (Fsp3) is 0.579. The van der Waals surface area contributed by atoms with Crippen molar-refractivity contribution in [3.05, 3.63) is 29.1 Å². The molecule has 0 aromatic heterocycles. The van der Waals surface area contributed by atoms with Gasteiger partial charge >= 0.3 is 5.97 Å². The van der Waals surface area contributed by atoms with Crippen LogP contribution in [0.5, 0.6) is 5.75 Å². The molecule has 170 valence electrons. The molecule has 0 bridgehead atoms. The summed E-state index contributed by atoms with van der Waals surface area (Å²) in [5.41, 5.74) is -0.302. The van der Waals surface area contributed by atoms with Crippen LogP contribution in [0.4, 0.5) is 22.0 Å². The van der Waals surface area contributed by atoms with E-state index in [9.17, 15) is 31.5 Å². The van der Waals surface area contributed by atoms with Gasteiger partial charge in [0.25, 0.3) is 0 Å². The minimum absolute atomic E-state index is 0.0873. The molecule has 1 aromatic carbocycles. The molecule has 0 aliphatic heterocycles. The maximum Gasteiger partial charge on any atom is 0.313 e. The molecular weight excluding hydrogens is 417 g/mol. The van der Waals surface area contributed by atoms with Gasteiger partial charge in [0.15, 0.2) is 0 Å². The molecular formula is C19H24F5NO5. The maximum absolute atomic E-state index is 13.4. The topological polar surface area (TPSA) is 73.9 Å². The quantitative estimate of drug-likeness (QED) is 0.142. The van der Waals surface area contributed by atoms with E-state index in [1.807, 2.05) is 20.8 Å². The number of amides is 1. The Hall–Kier alpha value is -2.27. The zero-order valence-electron chi connectivity index (χ0n) is 16.9. The van der Waals surface area contributed by atoms with Crippen LogP contribution >= 0.6 is 0 Å². The third-order valence-corrected chi connectivity index (χ3v) is 3.41. The van der Waals surface area contributed by atoms with Crippen LogP contribution in [0.1, 0.15) is 40.0 Å². The van der Waals surface area contributed by atoms with Gasteiger partial charge in [0.1, 0.15) is 0 Å². The first-order valence-corrected chi connectivity index (χ1v) is 9.12. The lowest BCUT2D eigenvalue weighted by molar-refractivity contribution is -0.136. The number of benzene rings is 1. The second-order valence-electron chi connectivity index (χ2n) is 7.25. The van der Waals surface area contributed by atoms with E-state index < -0.39 is 47.2 Å². The zero-order chi connectivity index (χ0) is 22.9.